The number of amides is 3. The minimum absolute atomic E-state index is 0.0751. The summed E-state index contributed by atoms with van der Waals surface area (Å²) in [5, 5.41) is 24.3. The average molecular weight is 663 g/mol. The van der Waals surface area contributed by atoms with Gasteiger partial charge in [-0.1, -0.05) is 123 Å². The zero-order valence-electron chi connectivity index (χ0n) is 26.3. The molecule has 48 heavy (non-hydrogen) atoms. The molecule has 2 N–H and O–H groups in total. The molecule has 4 aromatic rings. The molecule has 2 heterocycles. The second kappa shape index (κ2) is 13.6. The van der Waals surface area contributed by atoms with E-state index in [0.717, 1.165) is 9.80 Å². The van der Waals surface area contributed by atoms with Crippen LogP contribution in [0.2, 0.25) is 0 Å². The molecule has 0 bridgehead atoms. The summed E-state index contributed by atoms with van der Waals surface area (Å²) in [6, 6.07) is 34.1. The molecule has 1 saturated heterocycles. The molecule has 0 radical (unpaired) electrons. The summed E-state index contributed by atoms with van der Waals surface area (Å²) in [6.07, 6.45) is -2.93. The first-order valence-electron chi connectivity index (χ1n) is 15.7. The molecule has 3 amide bonds. The van der Waals surface area contributed by atoms with Gasteiger partial charge in [-0.25, -0.2) is 4.79 Å². The third-order valence-electron chi connectivity index (χ3n) is 8.87. The number of likely N-dealkylation sites (tertiary alicyclic amines) is 1. The topological polar surface area (TPSA) is 124 Å². The first-order valence-corrected chi connectivity index (χ1v) is 17.4. The number of nitrogens with zero attached hydrogens (tertiary/aromatic N) is 2. The monoisotopic (exact) mass is 662 g/mol. The molecule has 9 nitrogen and oxygen atoms in total. The highest BCUT2D eigenvalue weighted by atomic mass is 31.2. The number of fused-ring (bicyclic) bond motifs is 1. The van der Waals surface area contributed by atoms with Crippen LogP contribution >= 0.6 is 6.89 Å². The molecule has 0 aliphatic carbocycles. The van der Waals surface area contributed by atoms with Gasteiger partial charge in [0.15, 0.2) is 0 Å². The number of β-lactam (4-membered cyclic amide) rings is 1. The van der Waals surface area contributed by atoms with E-state index in [-0.39, 0.29) is 29.6 Å². The standard InChI is InChI=1S/C38H35N2O7P/c1-3-24-47-38(46)37(48(25-16-8-5-9-17-25,26-18-10-6-11-19-26)27-20-12-7-13-21-27)40-33(31(36(40)45)32(42)30(41)4-2)39-34(43)28-22-14-15-23-29(28)35(39)44/h3,5-23,30-33,41-42H,1,4,24H2,2H3/t30?,31-,32?,33-/m1/s1. The molecule has 0 aromatic heterocycles. The number of esters is 1. The van der Waals surface area contributed by atoms with E-state index in [1.165, 1.54) is 18.2 Å². The zero-order chi connectivity index (χ0) is 34.0. The van der Waals surface area contributed by atoms with Crippen molar-refractivity contribution in [3.05, 3.63) is 139 Å². The SMILES string of the molecule is C=CCOC(=O)C(N1C(=O)[C@H](C(O)C(O)CC)[C@@H]1N1C(=O)c2ccccc2C1=O)=P(c1ccccc1)(c1ccccc1)c1ccccc1. The lowest BCUT2D eigenvalue weighted by Gasteiger charge is -2.53. The smallest absolute Gasteiger partial charge is 0.356 e. The number of aliphatic hydroxyl groups is 2. The Bertz CT molecular complexity index is 1790. The third-order valence-corrected chi connectivity index (χ3v) is 13.1. The molecule has 4 atom stereocenters. The largest absolute Gasteiger partial charge is 0.457 e. The van der Waals surface area contributed by atoms with Gasteiger partial charge in [0.25, 0.3) is 11.8 Å². The molecular weight excluding hydrogens is 627 g/mol. The van der Waals surface area contributed by atoms with Crippen LogP contribution in [0.5, 0.6) is 0 Å². The molecule has 6 rings (SSSR count). The zero-order valence-corrected chi connectivity index (χ0v) is 27.1. The third kappa shape index (κ3) is 5.21. The number of carbonyl (C=O) groups is 4. The number of ether oxygens (including phenoxy) is 1. The number of benzene rings is 4. The van der Waals surface area contributed by atoms with Gasteiger partial charge in [-0.3, -0.25) is 24.2 Å². The number of imide groups is 1. The lowest BCUT2D eigenvalue weighted by molar-refractivity contribution is -0.172. The molecule has 2 aliphatic heterocycles. The Balaban J connectivity index is 1.74. The molecule has 10 heteroatoms. The van der Waals surface area contributed by atoms with Gasteiger partial charge < -0.3 is 14.9 Å². The fraction of sp³-hybridized carbons (Fsp3) is 0.184. The summed E-state index contributed by atoms with van der Waals surface area (Å²) >= 11 is 0. The van der Waals surface area contributed by atoms with Crippen molar-refractivity contribution in [2.24, 2.45) is 5.92 Å². The van der Waals surface area contributed by atoms with Crippen molar-refractivity contribution in [1.29, 1.82) is 0 Å². The molecule has 2 aliphatic rings. The molecule has 4 aromatic carbocycles. The van der Waals surface area contributed by atoms with Crippen molar-refractivity contribution in [3.8, 4) is 0 Å². The number of rotatable bonds is 11. The highest BCUT2D eigenvalue weighted by molar-refractivity contribution is 7.96. The van der Waals surface area contributed by atoms with Gasteiger partial charge in [0.1, 0.15) is 24.1 Å². The van der Waals surface area contributed by atoms with Crippen LogP contribution in [0.15, 0.2) is 128 Å². The number of aliphatic hydroxyl groups excluding tert-OH is 2. The van der Waals surface area contributed by atoms with Gasteiger partial charge in [-0.05, 0) is 34.5 Å². The van der Waals surface area contributed by atoms with Crippen LogP contribution in [0.3, 0.4) is 0 Å². The van der Waals surface area contributed by atoms with Crippen molar-refractivity contribution in [2.45, 2.75) is 31.7 Å². The van der Waals surface area contributed by atoms with Crippen molar-refractivity contribution in [2.75, 3.05) is 6.61 Å². The minimum atomic E-state index is -3.38. The molecule has 0 spiro atoms. The predicted molar refractivity (Wildman–Crippen MR) is 185 cm³/mol. The van der Waals surface area contributed by atoms with E-state index in [4.69, 9.17) is 4.74 Å². The fourth-order valence-corrected chi connectivity index (χ4v) is 11.0. The first kappa shape index (κ1) is 32.8. The second-order valence-corrected chi connectivity index (χ2v) is 14.8. The van der Waals surface area contributed by atoms with Crippen LogP contribution in [0.1, 0.15) is 34.1 Å². The van der Waals surface area contributed by atoms with Gasteiger partial charge in [-0.2, -0.15) is 0 Å². The van der Waals surface area contributed by atoms with Crippen LogP contribution < -0.4 is 15.9 Å². The number of hydrogen-bond donors (Lipinski definition) is 2. The molecule has 2 unspecified atom stereocenters. The highest BCUT2D eigenvalue weighted by Gasteiger charge is 2.62. The maximum atomic E-state index is 14.7. The Kier molecular flexibility index (Phi) is 9.29. The van der Waals surface area contributed by atoms with Gasteiger partial charge >= 0.3 is 5.97 Å². The van der Waals surface area contributed by atoms with Gasteiger partial charge in [0.05, 0.1) is 23.3 Å². The van der Waals surface area contributed by atoms with E-state index in [9.17, 15) is 29.4 Å². The van der Waals surface area contributed by atoms with Crippen LogP contribution in [0.4, 0.5) is 0 Å². The molecular formula is C38H35N2O7P. The van der Waals surface area contributed by atoms with Crippen molar-refractivity contribution < 1.29 is 34.1 Å². The maximum Gasteiger partial charge on any atom is 0.356 e. The average Bonchev–Trinajstić information content (AvgIpc) is 3.38. The first-order chi connectivity index (χ1) is 23.3. The summed E-state index contributed by atoms with van der Waals surface area (Å²) in [5.41, 5.74) is 0.197. The fourth-order valence-electron chi connectivity index (χ4n) is 6.62. The normalized spacial score (nSPS) is 18.5. The van der Waals surface area contributed by atoms with E-state index in [1.807, 2.05) is 91.0 Å². The van der Waals surface area contributed by atoms with Crippen molar-refractivity contribution in [3.63, 3.8) is 0 Å². The predicted octanol–water partition coefficient (Wildman–Crippen LogP) is 3.05. The van der Waals surface area contributed by atoms with Crippen LogP contribution in [0.25, 0.3) is 0 Å². The van der Waals surface area contributed by atoms with E-state index in [0.29, 0.717) is 15.9 Å². The lowest BCUT2D eigenvalue weighted by atomic mass is 9.83. The quantitative estimate of drug-likeness (QED) is 0.0832. The summed E-state index contributed by atoms with van der Waals surface area (Å²) in [7, 11) is 0. The summed E-state index contributed by atoms with van der Waals surface area (Å²) in [5.74, 6) is -4.35. The van der Waals surface area contributed by atoms with E-state index in [1.54, 1.807) is 19.1 Å². The van der Waals surface area contributed by atoms with Crippen LogP contribution in [-0.4, -0.2) is 74.1 Å². The van der Waals surface area contributed by atoms with E-state index >= 15 is 0 Å². The number of hydrogen-bond acceptors (Lipinski definition) is 7. The van der Waals surface area contributed by atoms with E-state index < -0.39 is 54.9 Å². The van der Waals surface area contributed by atoms with Gasteiger partial charge in [0.2, 0.25) is 5.91 Å². The Morgan fingerprint density at radius 3 is 1.65 bits per heavy atom. The summed E-state index contributed by atoms with van der Waals surface area (Å²) in [4.78, 5) is 59.4. The van der Waals surface area contributed by atoms with Crippen molar-refractivity contribution >= 4 is 51.9 Å². The molecule has 1 fully saturated rings. The Morgan fingerprint density at radius 1 is 0.792 bits per heavy atom. The van der Waals surface area contributed by atoms with Crippen LogP contribution in [0, 0.1) is 5.92 Å². The van der Waals surface area contributed by atoms with Gasteiger partial charge in [-0.15, -0.1) is 0 Å². The maximum absolute atomic E-state index is 14.7. The van der Waals surface area contributed by atoms with Crippen LogP contribution in [-0.2, 0) is 14.3 Å². The Morgan fingerprint density at radius 2 is 1.23 bits per heavy atom. The Labute approximate surface area is 278 Å². The van der Waals surface area contributed by atoms with Gasteiger partial charge in [0, 0.05) is 6.89 Å². The van der Waals surface area contributed by atoms with E-state index in [2.05, 4.69) is 6.58 Å². The highest BCUT2D eigenvalue weighted by Crippen LogP contribution is 2.50. The minimum Gasteiger partial charge on any atom is -0.457 e. The van der Waals surface area contributed by atoms with Crippen molar-refractivity contribution in [1.82, 2.24) is 9.80 Å². The number of carbonyl (C=O) groups excluding carboxylic acids is 4. The molecule has 0 saturated carbocycles. The summed E-state index contributed by atoms with van der Waals surface area (Å²) < 4.78 is 5.76. The summed E-state index contributed by atoms with van der Waals surface area (Å²) in [6.45, 7) is 1.78. The molecule has 244 valence electrons. The lowest BCUT2D eigenvalue weighted by Crippen LogP contribution is -2.75. The second-order valence-electron chi connectivity index (χ2n) is 11.5. The Hall–Kier alpha value is -5.08.